The molecule has 0 saturated carbocycles. The van der Waals surface area contributed by atoms with Gasteiger partial charge in [0, 0.05) is 19.7 Å². The Morgan fingerprint density at radius 1 is 0.885 bits per heavy atom. The molecule has 4 nitrogen and oxygen atoms in total. The van der Waals surface area contributed by atoms with Gasteiger partial charge in [-0.3, -0.25) is 0 Å². The minimum Gasteiger partial charge on any atom is -0.377 e. The lowest BCUT2D eigenvalue weighted by Crippen LogP contribution is -2.38. The topological polar surface area (TPSA) is 45.7 Å². The zero-order valence-corrected chi connectivity index (χ0v) is 18.0. The second-order valence-electron chi connectivity index (χ2n) is 5.81. The van der Waals surface area contributed by atoms with Crippen molar-refractivity contribution in [1.29, 1.82) is 0 Å². The lowest BCUT2D eigenvalue weighted by atomic mass is 10.1. The fourth-order valence-electron chi connectivity index (χ4n) is 2.44. The van der Waals surface area contributed by atoms with Crippen molar-refractivity contribution in [2.75, 3.05) is 19.7 Å². The molecular weight excluding hydrogens is 437 g/mol. The minimum absolute atomic E-state index is 0. The number of nitrogens with zero attached hydrogens (tertiary/aromatic N) is 1. The molecule has 0 unspecified atom stereocenters. The third kappa shape index (κ3) is 8.67. The first-order chi connectivity index (χ1) is 12.3. The Hall–Kier alpha value is -1.60. The van der Waals surface area contributed by atoms with Crippen molar-refractivity contribution < 1.29 is 4.74 Å². The van der Waals surface area contributed by atoms with Crippen LogP contribution >= 0.6 is 24.0 Å². The molecule has 2 aromatic rings. The highest BCUT2D eigenvalue weighted by Crippen LogP contribution is 2.07. The lowest BCUT2D eigenvalue weighted by Gasteiger charge is -2.11. The van der Waals surface area contributed by atoms with Crippen molar-refractivity contribution in [3.05, 3.63) is 71.3 Å². The van der Waals surface area contributed by atoms with E-state index >= 15 is 0 Å². The van der Waals surface area contributed by atoms with E-state index in [0.717, 1.165) is 32.1 Å². The Balaban J connectivity index is 0.00000338. The van der Waals surface area contributed by atoms with Crippen LogP contribution in [0.2, 0.25) is 0 Å². The van der Waals surface area contributed by atoms with E-state index in [4.69, 9.17) is 4.74 Å². The summed E-state index contributed by atoms with van der Waals surface area (Å²) in [6.45, 7) is 7.88. The maximum absolute atomic E-state index is 5.42. The van der Waals surface area contributed by atoms with Crippen molar-refractivity contribution in [2.45, 2.75) is 33.4 Å². The molecule has 0 spiro atoms. The molecule has 5 heteroatoms. The zero-order chi connectivity index (χ0) is 17.7. The predicted molar refractivity (Wildman–Crippen MR) is 120 cm³/mol. The first kappa shape index (κ1) is 22.4. The maximum atomic E-state index is 5.42. The molecule has 0 aromatic heterocycles. The number of aliphatic imine (C=N–C) groups is 1. The molecule has 0 amide bonds. The van der Waals surface area contributed by atoms with E-state index in [1.807, 2.05) is 13.0 Å². The number of guanidine groups is 1. The fraction of sp³-hybridized carbons (Fsp3) is 0.381. The Labute approximate surface area is 174 Å². The van der Waals surface area contributed by atoms with Crippen molar-refractivity contribution in [1.82, 2.24) is 10.6 Å². The van der Waals surface area contributed by atoms with E-state index in [0.29, 0.717) is 13.2 Å². The van der Waals surface area contributed by atoms with E-state index in [2.05, 4.69) is 71.1 Å². The quantitative estimate of drug-likeness (QED) is 0.331. The standard InChI is InChI=1S/C21H29N3O.HI/c1-3-22-21(23-15-14-18-8-6-5-7-9-18)24-16-19-10-12-20(13-11-19)17-25-4-2;/h5-13H,3-4,14-17H2,1-2H3,(H2,22,23,24);1H. The Morgan fingerprint density at radius 2 is 1.58 bits per heavy atom. The van der Waals surface area contributed by atoms with Gasteiger partial charge in [0.1, 0.15) is 0 Å². The van der Waals surface area contributed by atoms with Gasteiger partial charge < -0.3 is 15.4 Å². The van der Waals surface area contributed by atoms with Crippen LogP contribution in [0, 0.1) is 0 Å². The summed E-state index contributed by atoms with van der Waals surface area (Å²) in [6, 6.07) is 18.9. The number of rotatable bonds is 9. The van der Waals surface area contributed by atoms with Gasteiger partial charge >= 0.3 is 0 Å². The zero-order valence-electron chi connectivity index (χ0n) is 15.7. The first-order valence-electron chi connectivity index (χ1n) is 9.03. The van der Waals surface area contributed by atoms with E-state index in [1.54, 1.807) is 0 Å². The summed E-state index contributed by atoms with van der Waals surface area (Å²) in [7, 11) is 0. The predicted octanol–water partition coefficient (Wildman–Crippen LogP) is 4.14. The van der Waals surface area contributed by atoms with Crippen LogP contribution in [-0.4, -0.2) is 25.7 Å². The number of hydrogen-bond acceptors (Lipinski definition) is 2. The first-order valence-corrected chi connectivity index (χ1v) is 9.03. The van der Waals surface area contributed by atoms with E-state index in [-0.39, 0.29) is 24.0 Å². The van der Waals surface area contributed by atoms with E-state index in [9.17, 15) is 0 Å². The summed E-state index contributed by atoms with van der Waals surface area (Å²) in [5.41, 5.74) is 3.72. The molecule has 0 radical (unpaired) electrons. The molecule has 0 aliphatic heterocycles. The minimum atomic E-state index is 0. The lowest BCUT2D eigenvalue weighted by molar-refractivity contribution is 0.134. The van der Waals surface area contributed by atoms with Crippen LogP contribution in [-0.2, 0) is 24.3 Å². The molecule has 2 rings (SSSR count). The van der Waals surface area contributed by atoms with Crippen LogP contribution < -0.4 is 10.6 Å². The average molecular weight is 467 g/mol. The third-order valence-corrected chi connectivity index (χ3v) is 3.81. The average Bonchev–Trinajstić information content (AvgIpc) is 2.66. The molecule has 0 fully saturated rings. The molecule has 0 heterocycles. The SMILES string of the molecule is CCNC(=NCc1ccc(COCC)cc1)NCCc1ccccc1.I. The monoisotopic (exact) mass is 467 g/mol. The van der Waals surface area contributed by atoms with Gasteiger partial charge in [-0.1, -0.05) is 54.6 Å². The van der Waals surface area contributed by atoms with Crippen molar-refractivity contribution in [2.24, 2.45) is 4.99 Å². The molecule has 2 aromatic carbocycles. The molecule has 26 heavy (non-hydrogen) atoms. The molecular formula is C21H30IN3O. The van der Waals surface area contributed by atoms with E-state index in [1.165, 1.54) is 16.7 Å². The number of halogens is 1. The molecule has 0 saturated heterocycles. The molecule has 0 atom stereocenters. The highest BCUT2D eigenvalue weighted by atomic mass is 127. The van der Waals surface area contributed by atoms with Gasteiger partial charge in [-0.15, -0.1) is 24.0 Å². The fourth-order valence-corrected chi connectivity index (χ4v) is 2.44. The number of ether oxygens (including phenoxy) is 1. The highest BCUT2D eigenvalue weighted by molar-refractivity contribution is 14.0. The van der Waals surface area contributed by atoms with Crippen LogP contribution in [0.3, 0.4) is 0 Å². The number of benzene rings is 2. The Bertz CT molecular complexity index is 629. The van der Waals surface area contributed by atoms with Gasteiger partial charge in [-0.25, -0.2) is 4.99 Å². The van der Waals surface area contributed by atoms with Gasteiger partial charge in [-0.2, -0.15) is 0 Å². The van der Waals surface area contributed by atoms with Crippen LogP contribution in [0.4, 0.5) is 0 Å². The second-order valence-corrected chi connectivity index (χ2v) is 5.81. The smallest absolute Gasteiger partial charge is 0.191 e. The van der Waals surface area contributed by atoms with Crippen LogP contribution in [0.5, 0.6) is 0 Å². The molecule has 0 aliphatic carbocycles. The molecule has 0 aliphatic rings. The summed E-state index contributed by atoms with van der Waals surface area (Å²) in [6.07, 6.45) is 0.984. The van der Waals surface area contributed by atoms with Gasteiger partial charge in [0.25, 0.3) is 0 Å². The van der Waals surface area contributed by atoms with Gasteiger partial charge in [-0.05, 0) is 37.0 Å². The summed E-state index contributed by atoms with van der Waals surface area (Å²) in [4.78, 5) is 4.67. The van der Waals surface area contributed by atoms with Gasteiger partial charge in [0.05, 0.1) is 13.2 Å². The second kappa shape index (κ2) is 13.6. The van der Waals surface area contributed by atoms with Crippen molar-refractivity contribution >= 4 is 29.9 Å². The third-order valence-electron chi connectivity index (χ3n) is 3.81. The van der Waals surface area contributed by atoms with Crippen LogP contribution in [0.25, 0.3) is 0 Å². The van der Waals surface area contributed by atoms with Crippen molar-refractivity contribution in [3.8, 4) is 0 Å². The molecule has 142 valence electrons. The van der Waals surface area contributed by atoms with Crippen LogP contribution in [0.1, 0.15) is 30.5 Å². The van der Waals surface area contributed by atoms with Gasteiger partial charge in [0.15, 0.2) is 5.96 Å². The largest absolute Gasteiger partial charge is 0.377 e. The Kier molecular flexibility index (Phi) is 11.7. The summed E-state index contributed by atoms with van der Waals surface area (Å²) < 4.78 is 5.42. The molecule has 0 bridgehead atoms. The number of nitrogens with one attached hydrogen (secondary N) is 2. The Morgan fingerprint density at radius 3 is 2.23 bits per heavy atom. The highest BCUT2D eigenvalue weighted by Gasteiger charge is 1.99. The van der Waals surface area contributed by atoms with E-state index < -0.39 is 0 Å². The summed E-state index contributed by atoms with van der Waals surface area (Å²) in [5, 5.41) is 6.69. The maximum Gasteiger partial charge on any atom is 0.191 e. The summed E-state index contributed by atoms with van der Waals surface area (Å²) >= 11 is 0. The molecule has 2 N–H and O–H groups in total. The van der Waals surface area contributed by atoms with Crippen molar-refractivity contribution in [3.63, 3.8) is 0 Å². The summed E-state index contributed by atoms with van der Waals surface area (Å²) in [5.74, 6) is 0.858. The van der Waals surface area contributed by atoms with Gasteiger partial charge in [0.2, 0.25) is 0 Å². The normalized spacial score (nSPS) is 10.9. The van der Waals surface area contributed by atoms with Crippen LogP contribution in [0.15, 0.2) is 59.6 Å². The number of hydrogen-bond donors (Lipinski definition) is 2.